The molecule has 0 aromatic carbocycles. The zero-order valence-electron chi connectivity index (χ0n) is 7.99. The molecule has 0 aromatic heterocycles. The third-order valence-corrected chi connectivity index (χ3v) is 0.921. The number of aliphatic carboxylic acids is 4. The number of hydrogen-bond donors (Lipinski definition) is 4. The highest BCUT2D eigenvalue weighted by molar-refractivity contribution is 5.89. The van der Waals surface area contributed by atoms with E-state index in [1.807, 2.05) is 0 Å². The summed E-state index contributed by atoms with van der Waals surface area (Å²) in [6.07, 6.45) is 0.523. The normalized spacial score (nSPS) is 9.00. The van der Waals surface area contributed by atoms with Gasteiger partial charge in [-0.15, -0.1) is 0 Å². The van der Waals surface area contributed by atoms with Crippen molar-refractivity contribution in [3.8, 4) is 0 Å². The van der Waals surface area contributed by atoms with Gasteiger partial charge in [-0.25, -0.2) is 9.59 Å². The predicted molar refractivity (Wildman–Crippen MR) is 48.9 cm³/mol. The van der Waals surface area contributed by atoms with E-state index in [0.717, 1.165) is 0 Å². The zero-order valence-corrected chi connectivity index (χ0v) is 7.99. The molecule has 0 saturated heterocycles. The molecule has 16 heavy (non-hydrogen) atoms. The van der Waals surface area contributed by atoms with Crippen molar-refractivity contribution in [2.24, 2.45) is 0 Å². The Morgan fingerprint density at radius 3 is 1.06 bits per heavy atom. The smallest absolute Gasteiger partial charge is 0.328 e. The molecule has 4 N–H and O–H groups in total. The average Bonchev–Trinajstić information content (AvgIpc) is 2.12. The summed E-state index contributed by atoms with van der Waals surface area (Å²) < 4.78 is 0. The molecule has 0 heterocycles. The summed E-state index contributed by atoms with van der Waals surface area (Å²) in [4.78, 5) is 38.4. The first-order valence-corrected chi connectivity index (χ1v) is 3.83. The Kier molecular flexibility index (Phi) is 9.22. The van der Waals surface area contributed by atoms with Crippen molar-refractivity contribution >= 4 is 23.9 Å². The van der Waals surface area contributed by atoms with E-state index in [-0.39, 0.29) is 12.8 Å². The number of carboxylic acid groups (broad SMARTS) is 4. The number of carbonyl (C=O) groups is 4. The second kappa shape index (κ2) is 9.19. The van der Waals surface area contributed by atoms with Crippen LogP contribution in [-0.2, 0) is 19.2 Å². The Morgan fingerprint density at radius 2 is 0.938 bits per heavy atom. The second-order valence-corrected chi connectivity index (χ2v) is 2.30. The summed E-state index contributed by atoms with van der Waals surface area (Å²) in [6.45, 7) is 0. The largest absolute Gasteiger partial charge is 0.481 e. The van der Waals surface area contributed by atoms with Crippen LogP contribution in [0.25, 0.3) is 0 Å². The molecule has 0 rings (SSSR count). The van der Waals surface area contributed by atoms with E-state index in [4.69, 9.17) is 20.4 Å². The van der Waals surface area contributed by atoms with Gasteiger partial charge in [0.25, 0.3) is 0 Å². The van der Waals surface area contributed by atoms with Gasteiger partial charge < -0.3 is 20.4 Å². The van der Waals surface area contributed by atoms with E-state index in [1.54, 1.807) is 0 Å². The zero-order chi connectivity index (χ0) is 13.1. The van der Waals surface area contributed by atoms with Gasteiger partial charge in [-0.05, 0) is 0 Å². The summed E-state index contributed by atoms with van der Waals surface area (Å²) in [5, 5.41) is 31.4. The number of hydrogen-bond acceptors (Lipinski definition) is 4. The quantitative estimate of drug-likeness (QED) is 0.471. The van der Waals surface area contributed by atoms with Crippen LogP contribution < -0.4 is 0 Å². The van der Waals surface area contributed by atoms with Gasteiger partial charge in [0.2, 0.25) is 0 Å². The molecule has 0 atom stereocenters. The molecule has 8 nitrogen and oxygen atoms in total. The maximum Gasteiger partial charge on any atom is 0.328 e. The molecule has 90 valence electrons. The summed E-state index contributed by atoms with van der Waals surface area (Å²) in [6, 6.07) is 0. The molecule has 0 fully saturated rings. The van der Waals surface area contributed by atoms with Crippen molar-refractivity contribution in [2.45, 2.75) is 12.8 Å². The molecule has 0 aliphatic heterocycles. The van der Waals surface area contributed by atoms with Crippen LogP contribution in [0.15, 0.2) is 12.2 Å². The van der Waals surface area contributed by atoms with Crippen LogP contribution in [0.2, 0.25) is 0 Å². The standard InChI is InChI=1S/C4H6O4.C4H4O4/c2*5-3(6)1-2-4(7)8/h1-2H2,(H,5,6)(H,7,8);1-2H,(H,5,6)(H,7,8)/b;2-1+. The van der Waals surface area contributed by atoms with Crippen LogP contribution >= 0.6 is 0 Å². The van der Waals surface area contributed by atoms with Gasteiger partial charge in [0.15, 0.2) is 0 Å². The van der Waals surface area contributed by atoms with Crippen LogP contribution in [0, 0.1) is 0 Å². The molecule has 8 heteroatoms. The number of carboxylic acids is 4. The maximum atomic E-state index is 9.64. The molecule has 0 bridgehead atoms. The maximum absolute atomic E-state index is 9.64. The lowest BCUT2D eigenvalue weighted by atomic mass is 10.3. The van der Waals surface area contributed by atoms with Crippen molar-refractivity contribution in [1.82, 2.24) is 0 Å². The van der Waals surface area contributed by atoms with Crippen LogP contribution in [0.1, 0.15) is 12.8 Å². The van der Waals surface area contributed by atoms with Gasteiger partial charge in [-0.3, -0.25) is 9.59 Å². The van der Waals surface area contributed by atoms with Crippen LogP contribution in [0.5, 0.6) is 0 Å². The van der Waals surface area contributed by atoms with Gasteiger partial charge in [0, 0.05) is 12.2 Å². The van der Waals surface area contributed by atoms with Crippen molar-refractivity contribution in [3.05, 3.63) is 12.2 Å². The molecule has 0 unspecified atom stereocenters. The monoisotopic (exact) mass is 234 g/mol. The third kappa shape index (κ3) is 22.6. The fourth-order valence-corrected chi connectivity index (χ4v) is 0.356. The molecule has 0 saturated carbocycles. The van der Waals surface area contributed by atoms with Gasteiger partial charge in [-0.1, -0.05) is 0 Å². The lowest BCUT2D eigenvalue weighted by Gasteiger charge is -1.85. The third-order valence-electron chi connectivity index (χ3n) is 0.921. The van der Waals surface area contributed by atoms with Crippen molar-refractivity contribution < 1.29 is 39.6 Å². The molecule has 0 aliphatic rings. The lowest BCUT2D eigenvalue weighted by Crippen LogP contribution is -2.00. The fraction of sp³-hybridized carbons (Fsp3) is 0.250. The Bertz CT molecular complexity index is 273. The van der Waals surface area contributed by atoms with E-state index in [2.05, 4.69) is 0 Å². The van der Waals surface area contributed by atoms with Crippen molar-refractivity contribution in [1.29, 1.82) is 0 Å². The van der Waals surface area contributed by atoms with Gasteiger partial charge in [0.05, 0.1) is 12.8 Å². The van der Waals surface area contributed by atoms with E-state index in [1.165, 1.54) is 0 Å². The molecule has 0 aliphatic carbocycles. The first-order valence-electron chi connectivity index (χ1n) is 3.83. The Labute approximate surface area is 89.4 Å². The minimum atomic E-state index is -1.26. The second-order valence-electron chi connectivity index (χ2n) is 2.30. The average molecular weight is 234 g/mol. The van der Waals surface area contributed by atoms with E-state index in [9.17, 15) is 19.2 Å². The first-order chi connectivity index (χ1) is 7.25. The fourth-order valence-electron chi connectivity index (χ4n) is 0.356. The summed E-state index contributed by atoms with van der Waals surface area (Å²) in [7, 11) is 0. The summed E-state index contributed by atoms with van der Waals surface area (Å²) >= 11 is 0. The molecule has 0 spiro atoms. The highest BCUT2D eigenvalue weighted by atomic mass is 16.4. The van der Waals surface area contributed by atoms with Gasteiger partial charge in [-0.2, -0.15) is 0 Å². The molecule has 0 radical (unpaired) electrons. The predicted octanol–water partition coefficient (Wildman–Crippen LogP) is -0.352. The van der Waals surface area contributed by atoms with E-state index in [0.29, 0.717) is 12.2 Å². The Morgan fingerprint density at radius 1 is 0.688 bits per heavy atom. The first kappa shape index (κ1) is 16.1. The summed E-state index contributed by atoms with van der Waals surface area (Å²) in [5.74, 6) is -4.67. The van der Waals surface area contributed by atoms with Crippen LogP contribution in [-0.4, -0.2) is 44.3 Å². The highest BCUT2D eigenvalue weighted by Crippen LogP contribution is 1.86. The van der Waals surface area contributed by atoms with Crippen molar-refractivity contribution in [2.75, 3.05) is 0 Å². The van der Waals surface area contributed by atoms with Crippen LogP contribution in [0.4, 0.5) is 0 Å². The summed E-state index contributed by atoms with van der Waals surface area (Å²) in [5.41, 5.74) is 0. The topological polar surface area (TPSA) is 149 Å². The minimum absolute atomic E-state index is 0.296. The van der Waals surface area contributed by atoms with E-state index < -0.39 is 23.9 Å². The molecule has 0 amide bonds. The van der Waals surface area contributed by atoms with Gasteiger partial charge in [0.1, 0.15) is 0 Å². The SMILES string of the molecule is O=C(O)/C=C/C(=O)O.O=C(O)CCC(=O)O. The lowest BCUT2D eigenvalue weighted by molar-refractivity contribution is -0.143. The molecular formula is C8H10O8. The highest BCUT2D eigenvalue weighted by Gasteiger charge is 2.00. The van der Waals surface area contributed by atoms with E-state index >= 15 is 0 Å². The Hall–Kier alpha value is -2.38. The molecule has 0 aromatic rings. The minimum Gasteiger partial charge on any atom is -0.481 e. The molecular weight excluding hydrogens is 224 g/mol. The van der Waals surface area contributed by atoms with Gasteiger partial charge >= 0.3 is 23.9 Å². The van der Waals surface area contributed by atoms with Crippen molar-refractivity contribution in [3.63, 3.8) is 0 Å². The van der Waals surface area contributed by atoms with Crippen LogP contribution in [0.3, 0.4) is 0 Å². The number of rotatable bonds is 5. The Balaban J connectivity index is 0.